The van der Waals surface area contributed by atoms with Gasteiger partial charge in [0, 0.05) is 6.07 Å². The molecule has 146 valence electrons. The predicted molar refractivity (Wildman–Crippen MR) is 109 cm³/mol. The van der Waals surface area contributed by atoms with E-state index in [1.165, 1.54) is 20.3 Å². The Kier molecular flexibility index (Phi) is 6.26. The predicted octanol–water partition coefficient (Wildman–Crippen LogP) is 4.83. The molecule has 2 aromatic carbocycles. The normalized spacial score (nSPS) is 10.7. The summed E-state index contributed by atoms with van der Waals surface area (Å²) in [6.07, 6.45) is 0.102. The van der Waals surface area contributed by atoms with Gasteiger partial charge in [-0.15, -0.1) is 0 Å². The first-order chi connectivity index (χ1) is 13.4. The molecule has 8 heteroatoms. The Balaban J connectivity index is 2.06. The first kappa shape index (κ1) is 20.2. The molecule has 0 radical (unpaired) electrons. The zero-order valence-corrected chi connectivity index (χ0v) is 17.4. The fourth-order valence-electron chi connectivity index (χ4n) is 2.63. The van der Waals surface area contributed by atoms with E-state index in [4.69, 9.17) is 25.5 Å². The third kappa shape index (κ3) is 4.15. The van der Waals surface area contributed by atoms with Crippen LogP contribution in [0.4, 0.5) is 0 Å². The van der Waals surface area contributed by atoms with Gasteiger partial charge in [-0.3, -0.25) is 9.59 Å². The van der Waals surface area contributed by atoms with Gasteiger partial charge in [0.15, 0.2) is 11.0 Å². The third-order valence-corrected chi connectivity index (χ3v) is 4.93. The largest absolute Gasteiger partial charge is 0.496 e. The first-order valence-corrected chi connectivity index (χ1v) is 9.41. The number of methoxy groups -OCH3 is 2. The number of fused-ring (bicyclic) bond motifs is 1. The molecule has 0 saturated carbocycles. The third-order valence-electron chi connectivity index (χ3n) is 4.02. The van der Waals surface area contributed by atoms with Crippen LogP contribution >= 0.6 is 27.5 Å². The highest BCUT2D eigenvalue weighted by atomic mass is 79.9. The van der Waals surface area contributed by atoms with Crippen LogP contribution in [0.3, 0.4) is 0 Å². The molecular weight excluding hydrogens is 452 g/mol. The van der Waals surface area contributed by atoms with Gasteiger partial charge in [-0.2, -0.15) is 0 Å². The second-order valence-electron chi connectivity index (χ2n) is 5.75. The van der Waals surface area contributed by atoms with E-state index in [9.17, 15) is 9.59 Å². The van der Waals surface area contributed by atoms with Crippen LogP contribution < -0.4 is 14.9 Å². The van der Waals surface area contributed by atoms with Crippen LogP contribution in [0.15, 0.2) is 50.1 Å². The highest BCUT2D eigenvalue weighted by molar-refractivity contribution is 9.10. The Morgan fingerprint density at radius 1 is 1.18 bits per heavy atom. The number of hydrogen-bond acceptors (Lipinski definition) is 6. The number of rotatable bonds is 6. The number of hydrogen-bond donors (Lipinski definition) is 0. The lowest BCUT2D eigenvalue weighted by molar-refractivity contribution is -0.141. The van der Waals surface area contributed by atoms with Crippen LogP contribution in [0.25, 0.3) is 22.3 Å². The van der Waals surface area contributed by atoms with Crippen molar-refractivity contribution < 1.29 is 23.4 Å². The Hall–Kier alpha value is -2.51. The van der Waals surface area contributed by atoms with Gasteiger partial charge < -0.3 is 18.6 Å². The van der Waals surface area contributed by atoms with Gasteiger partial charge in [0.2, 0.25) is 0 Å². The molecule has 0 aliphatic heterocycles. The Morgan fingerprint density at radius 3 is 2.68 bits per heavy atom. The Bertz CT molecular complexity index is 1090. The van der Waals surface area contributed by atoms with E-state index in [0.717, 1.165) is 0 Å². The van der Waals surface area contributed by atoms with Crippen LogP contribution in [0.1, 0.15) is 6.42 Å². The molecular formula is C20H16BrClO6. The van der Waals surface area contributed by atoms with Gasteiger partial charge in [-0.05, 0) is 40.2 Å². The summed E-state index contributed by atoms with van der Waals surface area (Å²) >= 11 is 9.60. The van der Waals surface area contributed by atoms with Gasteiger partial charge in [0.1, 0.15) is 17.3 Å². The molecule has 0 atom stereocenters. The average molecular weight is 468 g/mol. The molecule has 0 spiro atoms. The van der Waals surface area contributed by atoms with Crippen molar-refractivity contribution in [3.8, 4) is 22.8 Å². The Labute approximate surface area is 174 Å². The van der Waals surface area contributed by atoms with E-state index in [0.29, 0.717) is 37.5 Å². The molecule has 0 amide bonds. The van der Waals surface area contributed by atoms with Gasteiger partial charge in [0.05, 0.1) is 47.7 Å². The number of para-hydroxylation sites is 1. The summed E-state index contributed by atoms with van der Waals surface area (Å²) in [4.78, 5) is 23.8. The zero-order chi connectivity index (χ0) is 20.3. The van der Waals surface area contributed by atoms with Crippen molar-refractivity contribution in [3.63, 3.8) is 0 Å². The minimum absolute atomic E-state index is 0.102. The quantitative estimate of drug-likeness (QED) is 0.484. The van der Waals surface area contributed by atoms with Crippen LogP contribution in [0.5, 0.6) is 11.5 Å². The van der Waals surface area contributed by atoms with Gasteiger partial charge >= 0.3 is 5.97 Å². The number of carbonyl (C=O) groups excluding carboxylic acids is 1. The summed E-state index contributed by atoms with van der Waals surface area (Å²) in [6.45, 7) is 0.130. The van der Waals surface area contributed by atoms with Crippen LogP contribution in [-0.4, -0.2) is 26.8 Å². The second kappa shape index (κ2) is 8.67. The molecule has 0 aliphatic rings. The smallest absolute Gasteiger partial charge is 0.308 e. The average Bonchev–Trinajstić information content (AvgIpc) is 2.69. The maximum Gasteiger partial charge on any atom is 0.308 e. The highest BCUT2D eigenvalue weighted by Gasteiger charge is 2.17. The first-order valence-electron chi connectivity index (χ1n) is 8.24. The molecule has 3 rings (SSSR count). The van der Waals surface area contributed by atoms with Crippen LogP contribution in [0.2, 0.25) is 5.02 Å². The van der Waals surface area contributed by atoms with E-state index in [2.05, 4.69) is 20.7 Å². The molecule has 1 aromatic heterocycles. The maximum absolute atomic E-state index is 12.5. The van der Waals surface area contributed by atoms with E-state index in [-0.39, 0.29) is 30.2 Å². The van der Waals surface area contributed by atoms with Crippen molar-refractivity contribution in [1.82, 2.24) is 0 Å². The van der Waals surface area contributed by atoms with E-state index in [1.807, 2.05) is 0 Å². The molecule has 28 heavy (non-hydrogen) atoms. The number of ether oxygens (including phenoxy) is 3. The maximum atomic E-state index is 12.5. The summed E-state index contributed by atoms with van der Waals surface area (Å²) in [5.41, 5.74) is 0.583. The van der Waals surface area contributed by atoms with E-state index in [1.54, 1.807) is 30.3 Å². The lowest BCUT2D eigenvalue weighted by Gasteiger charge is -2.14. The van der Waals surface area contributed by atoms with Gasteiger partial charge in [0.25, 0.3) is 0 Å². The molecule has 0 fully saturated rings. The molecule has 0 aliphatic carbocycles. The van der Waals surface area contributed by atoms with Crippen molar-refractivity contribution in [2.45, 2.75) is 6.42 Å². The number of benzene rings is 2. The molecule has 6 nitrogen and oxygen atoms in total. The second-order valence-corrected chi connectivity index (χ2v) is 7.01. The van der Waals surface area contributed by atoms with Crippen molar-refractivity contribution in [1.29, 1.82) is 0 Å². The molecule has 1 heterocycles. The lowest BCUT2D eigenvalue weighted by atomic mass is 10.1. The Morgan fingerprint density at radius 2 is 1.96 bits per heavy atom. The summed E-state index contributed by atoms with van der Waals surface area (Å²) in [5, 5.41) is 0.726. The molecule has 3 aromatic rings. The number of carbonyl (C=O) groups is 1. The van der Waals surface area contributed by atoms with Gasteiger partial charge in [-0.25, -0.2) is 0 Å². The monoisotopic (exact) mass is 466 g/mol. The zero-order valence-electron chi connectivity index (χ0n) is 15.1. The fraction of sp³-hybridized carbons (Fsp3) is 0.200. The molecule has 0 unspecified atom stereocenters. The molecule has 0 saturated heterocycles. The standard InChI is InChI=1S/C20H16BrClO6/c1-25-16-9-13(21)18(27-7-6-19(24)26-2)8-12(16)17-10-15(23)11-4-3-5-14(22)20(11)28-17/h3-5,8-10H,6-7H2,1-2H3. The summed E-state index contributed by atoms with van der Waals surface area (Å²) in [7, 11) is 2.83. The van der Waals surface area contributed by atoms with Crippen LogP contribution in [-0.2, 0) is 9.53 Å². The number of halogens is 2. The van der Waals surface area contributed by atoms with Crippen molar-refractivity contribution in [2.75, 3.05) is 20.8 Å². The van der Waals surface area contributed by atoms with Crippen molar-refractivity contribution >= 4 is 44.5 Å². The van der Waals surface area contributed by atoms with E-state index >= 15 is 0 Å². The minimum Gasteiger partial charge on any atom is -0.496 e. The minimum atomic E-state index is -0.375. The highest BCUT2D eigenvalue weighted by Crippen LogP contribution is 2.39. The summed E-state index contributed by atoms with van der Waals surface area (Å²) < 4.78 is 22.2. The lowest BCUT2D eigenvalue weighted by Crippen LogP contribution is -2.08. The summed E-state index contributed by atoms with van der Waals surface area (Å²) in [5.74, 6) is 0.844. The van der Waals surface area contributed by atoms with Crippen LogP contribution in [0, 0.1) is 0 Å². The summed E-state index contributed by atoms with van der Waals surface area (Å²) in [6, 6.07) is 9.73. The molecule has 0 N–H and O–H groups in total. The number of esters is 1. The van der Waals surface area contributed by atoms with Crippen molar-refractivity contribution in [2.24, 2.45) is 0 Å². The van der Waals surface area contributed by atoms with Gasteiger partial charge in [-0.1, -0.05) is 17.7 Å². The van der Waals surface area contributed by atoms with E-state index < -0.39 is 0 Å². The fourth-order valence-corrected chi connectivity index (χ4v) is 3.28. The topological polar surface area (TPSA) is 75.0 Å². The molecule has 0 bridgehead atoms. The SMILES string of the molecule is COC(=O)CCOc1cc(-c2cc(=O)c3cccc(Cl)c3o2)c(OC)cc1Br. The van der Waals surface area contributed by atoms with Crippen molar-refractivity contribution in [3.05, 3.63) is 56.1 Å².